The summed E-state index contributed by atoms with van der Waals surface area (Å²) >= 11 is 0. The van der Waals surface area contributed by atoms with Gasteiger partial charge in [-0.25, -0.2) is 0 Å². The molecule has 0 aromatic rings. The maximum absolute atomic E-state index is 12.1. The van der Waals surface area contributed by atoms with E-state index in [2.05, 4.69) is 0 Å². The van der Waals surface area contributed by atoms with Gasteiger partial charge in [0.25, 0.3) is 0 Å². The highest BCUT2D eigenvalue weighted by atomic mass is 31.2. The van der Waals surface area contributed by atoms with Crippen LogP contribution < -0.4 is 0 Å². The molecule has 6 nitrogen and oxygen atoms in total. The van der Waals surface area contributed by atoms with Gasteiger partial charge >= 0.3 is 7.60 Å². The number of rotatable bonds is 13. The van der Waals surface area contributed by atoms with Crippen LogP contribution in [-0.2, 0) is 18.4 Å². The van der Waals surface area contributed by atoms with Crippen molar-refractivity contribution in [3.8, 4) is 0 Å². The third kappa shape index (κ3) is 14.8. The molecule has 1 N–H and O–H groups in total. The van der Waals surface area contributed by atoms with Crippen molar-refractivity contribution in [2.24, 2.45) is 0 Å². The second-order valence-corrected chi connectivity index (χ2v) is 8.79. The first-order chi connectivity index (χ1) is 10.6. The van der Waals surface area contributed by atoms with E-state index in [9.17, 15) is 14.5 Å². The normalized spacial score (nSPS) is 16.4. The molecule has 0 bridgehead atoms. The predicted octanol–water partition coefficient (Wildman–Crippen LogP) is 2.62. The van der Waals surface area contributed by atoms with E-state index in [4.69, 9.17) is 9.05 Å². The Hall–Kier alpha value is -0.520. The van der Waals surface area contributed by atoms with Crippen LogP contribution in [0.2, 0.25) is 0 Å². The third-order valence-corrected chi connectivity index (χ3v) is 4.36. The molecule has 2 atom stereocenters. The molecule has 0 heterocycles. The zero-order valence-electron chi connectivity index (χ0n) is 15.2. The number of carbonyl (C=O) groups excluding carboxylic acids is 1. The summed E-state index contributed by atoms with van der Waals surface area (Å²) in [5, 5.41) is 9.81. The van der Waals surface area contributed by atoms with Crippen LogP contribution in [0.5, 0.6) is 0 Å². The Morgan fingerprint density at radius 3 is 2.48 bits per heavy atom. The number of ketones is 1. The van der Waals surface area contributed by atoms with E-state index in [1.54, 1.807) is 0 Å². The van der Waals surface area contributed by atoms with Crippen molar-refractivity contribution in [1.29, 1.82) is 0 Å². The van der Waals surface area contributed by atoms with Gasteiger partial charge in [-0.05, 0) is 12.8 Å². The molecular weight excluding hydrogens is 317 g/mol. The first kappa shape index (κ1) is 22.5. The number of hydrogen-bond donors (Lipinski definition) is 1. The van der Waals surface area contributed by atoms with E-state index in [1.807, 2.05) is 40.2 Å². The number of aliphatic hydroxyl groups is 1. The summed E-state index contributed by atoms with van der Waals surface area (Å²) in [4.78, 5) is 11.6. The lowest BCUT2D eigenvalue weighted by atomic mass is 10.1. The van der Waals surface area contributed by atoms with Crippen LogP contribution in [0.3, 0.4) is 0 Å². The molecule has 0 spiro atoms. The van der Waals surface area contributed by atoms with Gasteiger partial charge in [-0.3, -0.25) is 9.36 Å². The monoisotopic (exact) mass is 350 g/mol. The SMILES string of the molecule is CC/C=C\CC(=O)CCC(O)COP(C)(=O)OCC[N+](C)(C)C. The topological polar surface area (TPSA) is 72.8 Å². The molecule has 0 saturated heterocycles. The van der Waals surface area contributed by atoms with Crippen LogP contribution in [-0.4, -0.2) is 69.0 Å². The number of nitrogens with zero attached hydrogens (tertiary/aromatic N) is 1. The maximum Gasteiger partial charge on any atom is 0.327 e. The van der Waals surface area contributed by atoms with Crippen LogP contribution in [0, 0.1) is 0 Å². The highest BCUT2D eigenvalue weighted by Gasteiger charge is 2.20. The molecule has 0 aliphatic rings. The lowest BCUT2D eigenvalue weighted by molar-refractivity contribution is -0.870. The van der Waals surface area contributed by atoms with E-state index < -0.39 is 13.7 Å². The molecule has 0 saturated carbocycles. The van der Waals surface area contributed by atoms with E-state index in [1.165, 1.54) is 6.66 Å². The lowest BCUT2D eigenvalue weighted by Gasteiger charge is -2.24. The van der Waals surface area contributed by atoms with Crippen molar-refractivity contribution in [3.63, 3.8) is 0 Å². The zero-order chi connectivity index (χ0) is 17.9. The fourth-order valence-electron chi connectivity index (χ4n) is 1.63. The second kappa shape index (κ2) is 11.1. The highest BCUT2D eigenvalue weighted by molar-refractivity contribution is 7.52. The minimum Gasteiger partial charge on any atom is -0.391 e. The molecule has 2 unspecified atom stereocenters. The summed E-state index contributed by atoms with van der Waals surface area (Å²) < 4.78 is 23.2. The van der Waals surface area contributed by atoms with Gasteiger partial charge in [0.05, 0.1) is 33.9 Å². The molecule has 0 fully saturated rings. The first-order valence-electron chi connectivity index (χ1n) is 8.07. The van der Waals surface area contributed by atoms with Crippen molar-refractivity contribution in [2.45, 2.75) is 38.7 Å². The van der Waals surface area contributed by atoms with Gasteiger partial charge in [0, 0.05) is 19.5 Å². The largest absolute Gasteiger partial charge is 0.391 e. The summed E-state index contributed by atoms with van der Waals surface area (Å²) in [6.45, 7) is 4.36. The van der Waals surface area contributed by atoms with Crippen LogP contribution in [0.15, 0.2) is 12.2 Å². The van der Waals surface area contributed by atoms with Crippen molar-refractivity contribution in [2.75, 3.05) is 47.6 Å². The Balaban J connectivity index is 3.93. The van der Waals surface area contributed by atoms with Gasteiger partial charge in [-0.15, -0.1) is 0 Å². The van der Waals surface area contributed by atoms with Gasteiger partial charge < -0.3 is 18.6 Å². The highest BCUT2D eigenvalue weighted by Crippen LogP contribution is 2.43. The molecule has 0 radical (unpaired) electrons. The minimum atomic E-state index is -3.17. The van der Waals surface area contributed by atoms with Gasteiger partial charge in [0.2, 0.25) is 0 Å². The fraction of sp³-hybridized carbons (Fsp3) is 0.812. The molecule has 0 aromatic carbocycles. The van der Waals surface area contributed by atoms with Crippen LogP contribution in [0.4, 0.5) is 0 Å². The van der Waals surface area contributed by atoms with Gasteiger partial charge in [-0.1, -0.05) is 19.1 Å². The van der Waals surface area contributed by atoms with Crippen LogP contribution in [0.1, 0.15) is 32.6 Å². The number of quaternary nitrogens is 1. The van der Waals surface area contributed by atoms with Crippen molar-refractivity contribution in [3.05, 3.63) is 12.2 Å². The van der Waals surface area contributed by atoms with E-state index in [0.717, 1.165) is 6.42 Å². The summed E-state index contributed by atoms with van der Waals surface area (Å²) in [7, 11) is 2.88. The van der Waals surface area contributed by atoms with E-state index in [-0.39, 0.29) is 18.8 Å². The van der Waals surface area contributed by atoms with Gasteiger partial charge in [-0.2, -0.15) is 0 Å². The molecule has 0 aliphatic heterocycles. The molecule has 7 heteroatoms. The molecule has 0 aromatic heterocycles. The smallest absolute Gasteiger partial charge is 0.327 e. The van der Waals surface area contributed by atoms with Gasteiger partial charge in [0.1, 0.15) is 18.9 Å². The zero-order valence-corrected chi connectivity index (χ0v) is 16.1. The Morgan fingerprint density at radius 1 is 1.26 bits per heavy atom. The average molecular weight is 350 g/mol. The number of Topliss-reactive ketones (excluding diaryl/α,β-unsaturated/α-hetero) is 1. The Bertz CT molecular complexity index is 417. The number of hydrogen-bond acceptors (Lipinski definition) is 5. The lowest BCUT2D eigenvalue weighted by Crippen LogP contribution is -2.37. The Kier molecular flexibility index (Phi) is 10.9. The number of likely N-dealkylation sites (N-methyl/N-ethyl adjacent to an activating group) is 1. The summed E-state index contributed by atoms with van der Waals surface area (Å²) in [5.74, 6) is 0.0765. The summed E-state index contributed by atoms with van der Waals surface area (Å²) in [6, 6.07) is 0. The van der Waals surface area contributed by atoms with Gasteiger partial charge in [0.15, 0.2) is 0 Å². The molecule has 136 valence electrons. The average Bonchev–Trinajstić information content (AvgIpc) is 2.41. The van der Waals surface area contributed by atoms with Crippen LogP contribution >= 0.6 is 7.60 Å². The molecular formula is C16H33NO5P+. The Morgan fingerprint density at radius 2 is 1.91 bits per heavy atom. The predicted molar refractivity (Wildman–Crippen MR) is 92.6 cm³/mol. The molecule has 0 aliphatic carbocycles. The quantitative estimate of drug-likeness (QED) is 0.314. The molecule has 0 amide bonds. The summed E-state index contributed by atoms with van der Waals surface area (Å²) in [5.41, 5.74) is 0. The maximum atomic E-state index is 12.1. The van der Waals surface area contributed by atoms with Crippen molar-refractivity contribution in [1.82, 2.24) is 0 Å². The van der Waals surface area contributed by atoms with Crippen molar-refractivity contribution < 1.29 is 28.0 Å². The second-order valence-electron chi connectivity index (χ2n) is 6.73. The number of carbonyl (C=O) groups is 1. The van der Waals surface area contributed by atoms with Crippen molar-refractivity contribution >= 4 is 13.4 Å². The molecule has 23 heavy (non-hydrogen) atoms. The minimum absolute atomic E-state index is 0.0765. The molecule has 0 rings (SSSR count). The number of aliphatic hydroxyl groups excluding tert-OH is 1. The standard InChI is InChI=1S/C16H33NO5P/c1-6-7-8-9-15(18)10-11-16(19)14-22-23(5,20)21-13-12-17(2,3)4/h7-8,16,19H,6,9-14H2,1-5H3/q+1/b8-7-. The fourth-order valence-corrected chi connectivity index (χ4v) is 2.56. The first-order valence-corrected chi connectivity index (χ1v) is 10.1. The van der Waals surface area contributed by atoms with Crippen LogP contribution in [0.25, 0.3) is 0 Å². The summed E-state index contributed by atoms with van der Waals surface area (Å²) in [6.07, 6.45) is 4.85. The van der Waals surface area contributed by atoms with E-state index in [0.29, 0.717) is 30.5 Å². The number of allylic oxidation sites excluding steroid dienone is 2. The third-order valence-electron chi connectivity index (χ3n) is 3.09. The van der Waals surface area contributed by atoms with E-state index >= 15 is 0 Å². The Labute approximate surface area is 140 Å².